The van der Waals surface area contributed by atoms with Crippen molar-refractivity contribution in [1.82, 2.24) is 0 Å². The summed E-state index contributed by atoms with van der Waals surface area (Å²) in [5.74, 6) is 2.13. The Hall–Kier alpha value is -0.0800. The zero-order chi connectivity index (χ0) is 11.7. The minimum atomic E-state index is 0.643. The van der Waals surface area contributed by atoms with Crippen LogP contribution in [-0.2, 0) is 4.74 Å². The smallest absolute Gasteiger partial charge is 0.0469 e. The van der Waals surface area contributed by atoms with Crippen molar-refractivity contribution in [3.05, 3.63) is 0 Å². The quantitative estimate of drug-likeness (QED) is 0.600. The summed E-state index contributed by atoms with van der Waals surface area (Å²) in [6.07, 6.45) is 3.51. The monoisotopic (exact) mass is 215 g/mol. The molecule has 0 bridgehead atoms. The lowest BCUT2D eigenvalue weighted by atomic mass is 9.95. The van der Waals surface area contributed by atoms with Crippen LogP contribution in [0.5, 0.6) is 0 Å². The van der Waals surface area contributed by atoms with Crippen LogP contribution < -0.4 is 5.73 Å². The van der Waals surface area contributed by atoms with Crippen molar-refractivity contribution < 1.29 is 4.74 Å². The van der Waals surface area contributed by atoms with Crippen LogP contribution in [0, 0.1) is 17.8 Å². The summed E-state index contributed by atoms with van der Waals surface area (Å²) in [4.78, 5) is 0. The molecule has 1 unspecified atom stereocenters. The molecule has 0 heterocycles. The molecule has 0 saturated carbocycles. The highest BCUT2D eigenvalue weighted by atomic mass is 16.5. The zero-order valence-corrected chi connectivity index (χ0v) is 11.0. The van der Waals surface area contributed by atoms with Crippen LogP contribution in [0.15, 0.2) is 0 Å². The summed E-state index contributed by atoms with van der Waals surface area (Å²) in [6.45, 7) is 11.5. The summed E-state index contributed by atoms with van der Waals surface area (Å²) < 4.78 is 5.60. The molecule has 0 rings (SSSR count). The van der Waals surface area contributed by atoms with E-state index in [-0.39, 0.29) is 0 Å². The highest BCUT2D eigenvalue weighted by molar-refractivity contribution is 4.62. The van der Waals surface area contributed by atoms with Crippen molar-refractivity contribution in [3.8, 4) is 0 Å². The fourth-order valence-electron chi connectivity index (χ4n) is 1.67. The van der Waals surface area contributed by atoms with Gasteiger partial charge in [-0.05, 0) is 43.6 Å². The second-order valence-corrected chi connectivity index (χ2v) is 5.31. The second-order valence-electron chi connectivity index (χ2n) is 5.31. The zero-order valence-electron chi connectivity index (χ0n) is 11.0. The first-order chi connectivity index (χ1) is 7.06. The van der Waals surface area contributed by atoms with Crippen LogP contribution in [0.4, 0.5) is 0 Å². The first kappa shape index (κ1) is 14.9. The fraction of sp³-hybridized carbons (Fsp3) is 1.00. The van der Waals surface area contributed by atoms with E-state index >= 15 is 0 Å². The third-order valence-electron chi connectivity index (χ3n) is 2.65. The molecule has 1 atom stereocenters. The standard InChI is InChI=1S/C13H29NO/c1-11(2)5-7-15-8-6-13(10-14)9-12(3)4/h11-13H,5-10,14H2,1-4H3. The van der Waals surface area contributed by atoms with Gasteiger partial charge < -0.3 is 10.5 Å². The van der Waals surface area contributed by atoms with Crippen molar-refractivity contribution >= 4 is 0 Å². The predicted molar refractivity (Wildman–Crippen MR) is 66.9 cm³/mol. The Bertz CT molecular complexity index is 134. The molecule has 0 amide bonds. The van der Waals surface area contributed by atoms with E-state index in [9.17, 15) is 0 Å². The van der Waals surface area contributed by atoms with Gasteiger partial charge in [0, 0.05) is 13.2 Å². The maximum absolute atomic E-state index is 5.73. The van der Waals surface area contributed by atoms with Gasteiger partial charge in [0.05, 0.1) is 0 Å². The molecule has 0 aromatic rings. The molecule has 0 fully saturated rings. The van der Waals surface area contributed by atoms with E-state index in [1.807, 2.05) is 0 Å². The van der Waals surface area contributed by atoms with E-state index in [0.717, 1.165) is 44.4 Å². The third-order valence-corrected chi connectivity index (χ3v) is 2.65. The van der Waals surface area contributed by atoms with E-state index in [4.69, 9.17) is 10.5 Å². The van der Waals surface area contributed by atoms with Crippen LogP contribution >= 0.6 is 0 Å². The van der Waals surface area contributed by atoms with Gasteiger partial charge in [0.1, 0.15) is 0 Å². The topological polar surface area (TPSA) is 35.2 Å². The number of nitrogens with two attached hydrogens (primary N) is 1. The molecule has 2 nitrogen and oxygen atoms in total. The number of hydrogen-bond donors (Lipinski definition) is 1. The Labute approximate surface area is 95.6 Å². The molecule has 0 aromatic carbocycles. The third kappa shape index (κ3) is 10.2. The molecule has 0 aromatic heterocycles. The average Bonchev–Trinajstić information content (AvgIpc) is 2.14. The van der Waals surface area contributed by atoms with Crippen molar-refractivity contribution in [1.29, 1.82) is 0 Å². The van der Waals surface area contributed by atoms with Crippen LogP contribution in [-0.4, -0.2) is 19.8 Å². The minimum Gasteiger partial charge on any atom is -0.381 e. The minimum absolute atomic E-state index is 0.643. The van der Waals surface area contributed by atoms with Gasteiger partial charge in [0.2, 0.25) is 0 Å². The van der Waals surface area contributed by atoms with Crippen molar-refractivity contribution in [2.24, 2.45) is 23.5 Å². The highest BCUT2D eigenvalue weighted by Gasteiger charge is 2.08. The lowest BCUT2D eigenvalue weighted by molar-refractivity contribution is 0.108. The summed E-state index contributed by atoms with van der Waals surface area (Å²) in [6, 6.07) is 0. The molecule has 15 heavy (non-hydrogen) atoms. The van der Waals surface area contributed by atoms with Crippen molar-refractivity contribution in [2.75, 3.05) is 19.8 Å². The molecule has 0 aliphatic heterocycles. The lowest BCUT2D eigenvalue weighted by Gasteiger charge is -2.17. The molecular weight excluding hydrogens is 186 g/mol. The lowest BCUT2D eigenvalue weighted by Crippen LogP contribution is -2.18. The first-order valence-electron chi connectivity index (χ1n) is 6.34. The molecule has 2 N–H and O–H groups in total. The molecule has 0 aliphatic carbocycles. The van der Waals surface area contributed by atoms with Crippen molar-refractivity contribution in [2.45, 2.75) is 47.0 Å². The van der Waals surface area contributed by atoms with Crippen molar-refractivity contribution in [3.63, 3.8) is 0 Å². The van der Waals surface area contributed by atoms with Gasteiger partial charge >= 0.3 is 0 Å². The van der Waals surface area contributed by atoms with Gasteiger partial charge in [-0.15, -0.1) is 0 Å². The van der Waals surface area contributed by atoms with E-state index in [2.05, 4.69) is 27.7 Å². The van der Waals surface area contributed by atoms with Crippen LogP contribution in [0.25, 0.3) is 0 Å². The average molecular weight is 215 g/mol. The van der Waals surface area contributed by atoms with Gasteiger partial charge in [-0.3, -0.25) is 0 Å². The van der Waals surface area contributed by atoms with Gasteiger partial charge in [-0.1, -0.05) is 27.7 Å². The van der Waals surface area contributed by atoms with Crippen LogP contribution in [0.1, 0.15) is 47.0 Å². The Morgan fingerprint density at radius 2 is 1.53 bits per heavy atom. The number of hydrogen-bond acceptors (Lipinski definition) is 2. The molecule has 0 radical (unpaired) electrons. The fourth-order valence-corrected chi connectivity index (χ4v) is 1.67. The summed E-state index contributed by atoms with van der Waals surface area (Å²) >= 11 is 0. The Morgan fingerprint density at radius 1 is 0.933 bits per heavy atom. The Morgan fingerprint density at radius 3 is 2.00 bits per heavy atom. The highest BCUT2D eigenvalue weighted by Crippen LogP contribution is 2.14. The largest absolute Gasteiger partial charge is 0.381 e. The van der Waals surface area contributed by atoms with E-state index < -0.39 is 0 Å². The Kier molecular flexibility index (Phi) is 9.12. The van der Waals surface area contributed by atoms with Gasteiger partial charge in [0.15, 0.2) is 0 Å². The maximum Gasteiger partial charge on any atom is 0.0469 e. The molecule has 0 aliphatic rings. The van der Waals surface area contributed by atoms with E-state index in [0.29, 0.717) is 5.92 Å². The van der Waals surface area contributed by atoms with Crippen LogP contribution in [0.3, 0.4) is 0 Å². The summed E-state index contributed by atoms with van der Waals surface area (Å²) in [5.41, 5.74) is 5.73. The molecule has 0 spiro atoms. The van der Waals surface area contributed by atoms with Crippen LogP contribution in [0.2, 0.25) is 0 Å². The Balaban J connectivity index is 3.38. The van der Waals surface area contributed by atoms with E-state index in [1.165, 1.54) is 6.42 Å². The van der Waals surface area contributed by atoms with E-state index in [1.54, 1.807) is 0 Å². The maximum atomic E-state index is 5.73. The molecule has 0 saturated heterocycles. The normalized spacial score (nSPS) is 13.8. The second kappa shape index (κ2) is 9.17. The number of rotatable bonds is 9. The number of ether oxygens (including phenoxy) is 1. The van der Waals surface area contributed by atoms with Gasteiger partial charge in [-0.25, -0.2) is 0 Å². The molecule has 92 valence electrons. The van der Waals surface area contributed by atoms with Gasteiger partial charge in [0.25, 0.3) is 0 Å². The molecular formula is C13H29NO. The summed E-state index contributed by atoms with van der Waals surface area (Å²) in [5, 5.41) is 0. The predicted octanol–water partition coefficient (Wildman–Crippen LogP) is 3.06. The first-order valence-corrected chi connectivity index (χ1v) is 6.34. The molecule has 2 heteroatoms. The van der Waals surface area contributed by atoms with Gasteiger partial charge in [-0.2, -0.15) is 0 Å². The summed E-state index contributed by atoms with van der Waals surface area (Å²) in [7, 11) is 0. The SMILES string of the molecule is CC(C)CCOCCC(CN)CC(C)C.